The van der Waals surface area contributed by atoms with Crippen molar-refractivity contribution in [2.24, 2.45) is 0 Å². The van der Waals surface area contributed by atoms with Gasteiger partial charge in [0.2, 0.25) is 0 Å². The summed E-state index contributed by atoms with van der Waals surface area (Å²) in [6.45, 7) is 3.36. The van der Waals surface area contributed by atoms with Gasteiger partial charge in [0.05, 0.1) is 0 Å². The minimum Gasteiger partial charge on any atom is -0.309 e. The van der Waals surface area contributed by atoms with Crippen LogP contribution in [0, 0.1) is 0 Å². The van der Waals surface area contributed by atoms with Crippen LogP contribution in [0.3, 0.4) is 0 Å². The third-order valence-corrected chi connectivity index (χ3v) is 6.11. The largest absolute Gasteiger partial charge is 0.309 e. The van der Waals surface area contributed by atoms with E-state index >= 15 is 0 Å². The van der Waals surface area contributed by atoms with Crippen LogP contribution in [0.25, 0.3) is 0 Å². The molecule has 20 heavy (non-hydrogen) atoms. The van der Waals surface area contributed by atoms with Gasteiger partial charge in [-0.15, -0.1) is 23.1 Å². The van der Waals surface area contributed by atoms with Gasteiger partial charge in [-0.3, -0.25) is 0 Å². The quantitative estimate of drug-likeness (QED) is 0.799. The summed E-state index contributed by atoms with van der Waals surface area (Å²) in [4.78, 5) is 2.95. The molecule has 2 aromatic rings. The Morgan fingerprint density at radius 1 is 1.25 bits per heavy atom. The minimum absolute atomic E-state index is 0.526. The molecule has 2 unspecified atom stereocenters. The van der Waals surface area contributed by atoms with E-state index in [0.29, 0.717) is 12.0 Å². The normalized spacial score (nSPS) is 18.9. The van der Waals surface area contributed by atoms with Crippen molar-refractivity contribution in [1.82, 2.24) is 5.32 Å². The van der Waals surface area contributed by atoms with E-state index in [4.69, 9.17) is 0 Å². The third kappa shape index (κ3) is 3.11. The molecular weight excluding hydrogens is 282 g/mol. The predicted octanol–water partition coefficient (Wildman–Crippen LogP) is 5.07. The van der Waals surface area contributed by atoms with Crippen molar-refractivity contribution < 1.29 is 0 Å². The van der Waals surface area contributed by atoms with Gasteiger partial charge in [-0.1, -0.05) is 37.6 Å². The molecule has 2 heterocycles. The van der Waals surface area contributed by atoms with Crippen LogP contribution in [-0.2, 0) is 0 Å². The summed E-state index contributed by atoms with van der Waals surface area (Å²) in [6, 6.07) is 13.8. The summed E-state index contributed by atoms with van der Waals surface area (Å²) in [5.41, 5.74) is 1.53. The lowest BCUT2D eigenvalue weighted by Gasteiger charge is -2.20. The maximum Gasteiger partial charge on any atom is 0.0414 e. The van der Waals surface area contributed by atoms with Crippen molar-refractivity contribution in [2.75, 3.05) is 12.3 Å². The minimum atomic E-state index is 0.526. The van der Waals surface area contributed by atoms with Gasteiger partial charge < -0.3 is 5.32 Å². The number of thioether (sulfide) groups is 1. The summed E-state index contributed by atoms with van der Waals surface area (Å²) in [7, 11) is 0. The van der Waals surface area contributed by atoms with Gasteiger partial charge >= 0.3 is 0 Å². The highest BCUT2D eigenvalue weighted by Gasteiger charge is 2.23. The Morgan fingerprint density at radius 3 is 2.95 bits per heavy atom. The molecule has 0 bridgehead atoms. The Morgan fingerprint density at radius 2 is 2.15 bits per heavy atom. The molecular formula is C17H21NS2. The summed E-state index contributed by atoms with van der Waals surface area (Å²) in [6.07, 6.45) is 2.45. The molecule has 1 N–H and O–H groups in total. The Kier molecular flexibility index (Phi) is 4.81. The van der Waals surface area contributed by atoms with Gasteiger partial charge in [0.25, 0.3) is 0 Å². The van der Waals surface area contributed by atoms with E-state index in [0.717, 1.165) is 6.54 Å². The Bertz CT molecular complexity index is 532. The molecule has 1 aliphatic heterocycles. The number of benzene rings is 1. The lowest BCUT2D eigenvalue weighted by Crippen LogP contribution is -2.26. The van der Waals surface area contributed by atoms with E-state index in [9.17, 15) is 0 Å². The van der Waals surface area contributed by atoms with Crippen molar-refractivity contribution in [3.05, 3.63) is 52.2 Å². The van der Waals surface area contributed by atoms with Gasteiger partial charge in [-0.2, -0.15) is 0 Å². The van der Waals surface area contributed by atoms with Gasteiger partial charge in [-0.05, 0) is 29.5 Å². The Hall–Kier alpha value is -0.770. The summed E-state index contributed by atoms with van der Waals surface area (Å²) in [5.74, 6) is 1.88. The molecule has 0 radical (unpaired) electrons. The molecule has 1 aliphatic rings. The molecule has 0 saturated carbocycles. The first-order valence-corrected chi connectivity index (χ1v) is 9.23. The van der Waals surface area contributed by atoms with Crippen molar-refractivity contribution in [1.29, 1.82) is 0 Å². The van der Waals surface area contributed by atoms with Gasteiger partial charge in [-0.25, -0.2) is 0 Å². The smallest absolute Gasteiger partial charge is 0.0414 e. The number of hydrogen-bond acceptors (Lipinski definition) is 3. The molecule has 1 aromatic carbocycles. The van der Waals surface area contributed by atoms with E-state index in [1.165, 1.54) is 33.9 Å². The van der Waals surface area contributed by atoms with Crippen LogP contribution in [0.1, 0.15) is 42.2 Å². The third-order valence-electron chi connectivity index (χ3n) is 3.87. The second kappa shape index (κ2) is 6.79. The topological polar surface area (TPSA) is 12.0 Å². The lowest BCUT2D eigenvalue weighted by molar-refractivity contribution is 0.483. The highest BCUT2D eigenvalue weighted by atomic mass is 32.2. The van der Waals surface area contributed by atoms with Crippen LogP contribution in [0.15, 0.2) is 46.7 Å². The fraction of sp³-hybridized carbons (Fsp3) is 0.412. The summed E-state index contributed by atoms with van der Waals surface area (Å²) >= 11 is 3.87. The molecule has 3 heteroatoms. The second-order valence-electron chi connectivity index (χ2n) is 5.31. The summed E-state index contributed by atoms with van der Waals surface area (Å²) < 4.78 is 0. The summed E-state index contributed by atoms with van der Waals surface area (Å²) in [5, 5.41) is 5.98. The van der Waals surface area contributed by atoms with Crippen molar-refractivity contribution in [2.45, 2.75) is 36.6 Å². The predicted molar refractivity (Wildman–Crippen MR) is 89.9 cm³/mol. The molecule has 0 aliphatic carbocycles. The standard InChI is InChI=1S/C17H21NS2/c1-2-6-15(17-9-5-10-19-17)18-11-13-12-20-16-8-4-3-7-14(13)16/h3-5,7-10,13,15,18H,2,6,11-12H2,1H3. The zero-order valence-electron chi connectivity index (χ0n) is 11.8. The number of rotatable bonds is 6. The molecule has 1 aromatic heterocycles. The molecule has 3 rings (SSSR count). The van der Waals surface area contributed by atoms with Crippen molar-refractivity contribution in [3.8, 4) is 0 Å². The maximum absolute atomic E-state index is 3.80. The molecule has 0 fully saturated rings. The zero-order valence-corrected chi connectivity index (χ0v) is 13.5. The average molecular weight is 303 g/mol. The lowest BCUT2D eigenvalue weighted by atomic mass is 10.0. The van der Waals surface area contributed by atoms with E-state index in [2.05, 4.69) is 54.0 Å². The molecule has 0 saturated heterocycles. The maximum atomic E-state index is 3.80. The van der Waals surface area contributed by atoms with Crippen LogP contribution >= 0.6 is 23.1 Å². The number of hydrogen-bond donors (Lipinski definition) is 1. The molecule has 0 spiro atoms. The fourth-order valence-corrected chi connectivity index (χ4v) is 4.90. The van der Waals surface area contributed by atoms with Crippen molar-refractivity contribution in [3.63, 3.8) is 0 Å². The van der Waals surface area contributed by atoms with Crippen LogP contribution in [0.4, 0.5) is 0 Å². The van der Waals surface area contributed by atoms with Crippen LogP contribution < -0.4 is 5.32 Å². The molecule has 1 nitrogen and oxygen atoms in total. The van der Waals surface area contributed by atoms with E-state index in [1.54, 1.807) is 0 Å². The molecule has 0 amide bonds. The van der Waals surface area contributed by atoms with Gasteiger partial charge in [0.1, 0.15) is 0 Å². The number of fused-ring (bicyclic) bond motifs is 1. The Labute approximate surface area is 129 Å². The second-order valence-corrected chi connectivity index (χ2v) is 7.35. The van der Waals surface area contributed by atoms with Gasteiger partial charge in [0.15, 0.2) is 0 Å². The monoisotopic (exact) mass is 303 g/mol. The van der Waals surface area contributed by atoms with E-state index in [1.807, 2.05) is 23.1 Å². The van der Waals surface area contributed by atoms with Gasteiger partial charge in [0, 0.05) is 34.0 Å². The Balaban J connectivity index is 1.64. The first-order valence-electron chi connectivity index (χ1n) is 7.37. The fourth-order valence-electron chi connectivity index (χ4n) is 2.81. The molecule has 2 atom stereocenters. The van der Waals surface area contributed by atoms with Crippen molar-refractivity contribution >= 4 is 23.1 Å². The molecule has 106 valence electrons. The first kappa shape index (κ1) is 14.2. The van der Waals surface area contributed by atoms with Crippen LogP contribution in [0.5, 0.6) is 0 Å². The number of nitrogens with one attached hydrogen (secondary N) is 1. The van der Waals surface area contributed by atoms with Crippen LogP contribution in [0.2, 0.25) is 0 Å². The highest BCUT2D eigenvalue weighted by molar-refractivity contribution is 7.99. The first-order chi connectivity index (χ1) is 9.88. The van der Waals surface area contributed by atoms with Crippen LogP contribution in [-0.4, -0.2) is 12.3 Å². The van der Waals surface area contributed by atoms with E-state index < -0.39 is 0 Å². The highest BCUT2D eigenvalue weighted by Crippen LogP contribution is 2.39. The SMILES string of the molecule is CCCC(NCC1CSc2ccccc21)c1cccs1. The average Bonchev–Trinajstić information content (AvgIpc) is 3.13. The zero-order chi connectivity index (χ0) is 13.8. The number of thiophene rings is 1. The van der Waals surface area contributed by atoms with E-state index in [-0.39, 0.29) is 0 Å².